The SMILES string of the molecule is CCN1C(=O)N2Cc3cc(OC)cc(OC)c3[C@@H](C)C=C2C12CCN(Cc1cccn1CCNC)CC2. The third-order valence-corrected chi connectivity index (χ3v) is 8.51. The van der Waals surface area contributed by atoms with Crippen molar-refractivity contribution < 1.29 is 14.3 Å². The first-order valence-electron chi connectivity index (χ1n) is 13.5. The lowest BCUT2D eigenvalue weighted by atomic mass is 9.82. The molecule has 0 unspecified atom stereocenters. The number of aromatic nitrogens is 1. The Morgan fingerprint density at radius 2 is 1.95 bits per heavy atom. The van der Waals surface area contributed by atoms with Gasteiger partial charge in [0.25, 0.3) is 0 Å². The summed E-state index contributed by atoms with van der Waals surface area (Å²) in [5.41, 5.74) is 4.50. The molecule has 1 aromatic heterocycles. The number of amides is 2. The van der Waals surface area contributed by atoms with Gasteiger partial charge in [-0.2, -0.15) is 0 Å². The van der Waals surface area contributed by atoms with E-state index in [-0.39, 0.29) is 17.5 Å². The number of likely N-dealkylation sites (N-methyl/N-ethyl adjacent to an activating group) is 2. The van der Waals surface area contributed by atoms with Gasteiger partial charge in [0.15, 0.2) is 0 Å². The van der Waals surface area contributed by atoms with E-state index in [9.17, 15) is 4.79 Å². The van der Waals surface area contributed by atoms with Crippen LogP contribution in [0.4, 0.5) is 4.79 Å². The number of fused-ring (bicyclic) bond motifs is 3. The van der Waals surface area contributed by atoms with Crippen LogP contribution in [0.15, 0.2) is 42.2 Å². The maximum atomic E-state index is 13.8. The lowest BCUT2D eigenvalue weighted by Crippen LogP contribution is -2.53. The highest BCUT2D eigenvalue weighted by Gasteiger charge is 2.54. The molecule has 3 aliphatic rings. The smallest absolute Gasteiger partial charge is 0.325 e. The Hall–Kier alpha value is -2.97. The minimum Gasteiger partial charge on any atom is -0.497 e. The number of methoxy groups -OCH3 is 2. The number of benzene rings is 1. The Kier molecular flexibility index (Phi) is 7.23. The predicted molar refractivity (Wildman–Crippen MR) is 145 cm³/mol. The fourth-order valence-electron chi connectivity index (χ4n) is 6.62. The van der Waals surface area contributed by atoms with Gasteiger partial charge in [-0.05, 0) is 50.6 Å². The highest BCUT2D eigenvalue weighted by atomic mass is 16.5. The minimum atomic E-state index is -0.260. The predicted octanol–water partition coefficient (Wildman–Crippen LogP) is 4.02. The summed E-state index contributed by atoms with van der Waals surface area (Å²) in [4.78, 5) is 20.5. The molecule has 0 bridgehead atoms. The van der Waals surface area contributed by atoms with Crippen LogP contribution in [0, 0.1) is 0 Å². The van der Waals surface area contributed by atoms with Crippen molar-refractivity contribution in [3.05, 3.63) is 59.1 Å². The highest BCUT2D eigenvalue weighted by molar-refractivity contribution is 5.83. The molecule has 200 valence electrons. The molecule has 0 saturated carbocycles. The number of likely N-dealkylation sites (tertiary alicyclic amines) is 1. The third-order valence-electron chi connectivity index (χ3n) is 8.51. The van der Waals surface area contributed by atoms with Crippen LogP contribution < -0.4 is 14.8 Å². The summed E-state index contributed by atoms with van der Waals surface area (Å²) in [5, 5.41) is 3.24. The van der Waals surface area contributed by atoms with Crippen molar-refractivity contribution in [3.8, 4) is 11.5 Å². The maximum Gasteiger partial charge on any atom is 0.325 e. The normalized spacial score (nSPS) is 21.1. The molecule has 1 aromatic carbocycles. The number of nitrogens with one attached hydrogen (secondary N) is 1. The molecule has 0 aliphatic carbocycles. The Labute approximate surface area is 220 Å². The molecule has 1 N–H and O–H groups in total. The van der Waals surface area contributed by atoms with E-state index in [1.165, 1.54) is 11.4 Å². The molecule has 1 atom stereocenters. The van der Waals surface area contributed by atoms with Crippen molar-refractivity contribution in [1.82, 2.24) is 24.6 Å². The van der Waals surface area contributed by atoms with Crippen LogP contribution in [-0.2, 0) is 19.6 Å². The standard InChI is InChI=1S/C29H41N5O3/c1-6-34-28(35)33-19-22-17-24(36-4)18-25(37-5)27(22)21(2)16-26(33)29(34)9-13-31(14-10-29)20-23-8-7-12-32(23)15-11-30-3/h7-8,12,16-18,21,30H,6,9-11,13-15,19-20H2,1-5H3/t21-/m0/s1. The van der Waals surface area contributed by atoms with E-state index < -0.39 is 0 Å². The van der Waals surface area contributed by atoms with E-state index in [2.05, 4.69) is 64.0 Å². The summed E-state index contributed by atoms with van der Waals surface area (Å²) in [6.45, 7) is 10.4. The van der Waals surface area contributed by atoms with Crippen LogP contribution in [0.5, 0.6) is 11.5 Å². The number of ether oxygens (including phenoxy) is 2. The van der Waals surface area contributed by atoms with Crippen molar-refractivity contribution >= 4 is 6.03 Å². The number of allylic oxidation sites excluding steroid dienone is 1. The molecule has 5 rings (SSSR count). The Balaban J connectivity index is 1.42. The largest absolute Gasteiger partial charge is 0.497 e. The number of urea groups is 1. The van der Waals surface area contributed by atoms with Gasteiger partial charge in [-0.1, -0.05) is 13.0 Å². The molecule has 4 heterocycles. The van der Waals surface area contributed by atoms with E-state index in [0.29, 0.717) is 13.1 Å². The second-order valence-electron chi connectivity index (χ2n) is 10.5. The number of rotatable bonds is 8. The zero-order chi connectivity index (χ0) is 26.2. The van der Waals surface area contributed by atoms with Crippen LogP contribution in [0.1, 0.15) is 49.4 Å². The maximum absolute atomic E-state index is 13.8. The quantitative estimate of drug-likeness (QED) is 0.585. The van der Waals surface area contributed by atoms with E-state index >= 15 is 0 Å². The Morgan fingerprint density at radius 3 is 2.62 bits per heavy atom. The molecule has 0 radical (unpaired) electrons. The molecule has 8 nitrogen and oxygen atoms in total. The molecular weight excluding hydrogens is 466 g/mol. The molecule has 1 spiro atoms. The molecule has 2 amide bonds. The summed E-state index contributed by atoms with van der Waals surface area (Å²) < 4.78 is 13.7. The molecule has 2 fully saturated rings. The topological polar surface area (TPSA) is 62.2 Å². The van der Waals surface area contributed by atoms with Gasteiger partial charge < -0.3 is 24.3 Å². The van der Waals surface area contributed by atoms with E-state index in [4.69, 9.17) is 9.47 Å². The third kappa shape index (κ3) is 4.40. The number of nitrogens with zero attached hydrogens (tertiary/aromatic N) is 4. The summed E-state index contributed by atoms with van der Waals surface area (Å²) in [6.07, 6.45) is 6.38. The molecule has 2 saturated heterocycles. The number of hydrogen-bond acceptors (Lipinski definition) is 5. The van der Waals surface area contributed by atoms with Crippen LogP contribution in [0.2, 0.25) is 0 Å². The van der Waals surface area contributed by atoms with Gasteiger partial charge in [-0.15, -0.1) is 0 Å². The average Bonchev–Trinajstić information content (AvgIpc) is 3.38. The highest BCUT2D eigenvalue weighted by Crippen LogP contribution is 2.49. The summed E-state index contributed by atoms with van der Waals surface area (Å²) in [7, 11) is 5.37. The first-order valence-corrected chi connectivity index (χ1v) is 13.5. The van der Waals surface area contributed by atoms with Gasteiger partial charge in [-0.3, -0.25) is 9.80 Å². The Bertz CT molecular complexity index is 1160. The van der Waals surface area contributed by atoms with Gasteiger partial charge in [0.05, 0.1) is 26.3 Å². The van der Waals surface area contributed by atoms with Crippen molar-refractivity contribution in [2.75, 3.05) is 47.4 Å². The van der Waals surface area contributed by atoms with Crippen molar-refractivity contribution in [2.45, 2.75) is 57.8 Å². The first kappa shape index (κ1) is 25.7. The molecule has 3 aliphatic heterocycles. The molecule has 37 heavy (non-hydrogen) atoms. The van der Waals surface area contributed by atoms with Gasteiger partial charge in [-0.25, -0.2) is 4.79 Å². The zero-order valence-electron chi connectivity index (χ0n) is 22.9. The molecule has 8 heteroatoms. The minimum absolute atomic E-state index is 0.116. The van der Waals surface area contributed by atoms with Gasteiger partial charge >= 0.3 is 6.03 Å². The number of carbonyl (C=O) groups excluding carboxylic acids is 1. The van der Waals surface area contributed by atoms with E-state index in [1.807, 2.05) is 18.0 Å². The van der Waals surface area contributed by atoms with Crippen LogP contribution in [-0.4, -0.2) is 78.3 Å². The van der Waals surface area contributed by atoms with E-state index in [0.717, 1.165) is 68.2 Å². The van der Waals surface area contributed by atoms with Crippen molar-refractivity contribution in [3.63, 3.8) is 0 Å². The fourth-order valence-corrected chi connectivity index (χ4v) is 6.62. The molecule has 2 aromatic rings. The van der Waals surface area contributed by atoms with Crippen LogP contribution in [0.25, 0.3) is 0 Å². The monoisotopic (exact) mass is 507 g/mol. The van der Waals surface area contributed by atoms with Crippen molar-refractivity contribution in [2.24, 2.45) is 0 Å². The molecular formula is C29H41N5O3. The first-order chi connectivity index (χ1) is 17.9. The number of carbonyl (C=O) groups is 1. The lowest BCUT2D eigenvalue weighted by Gasteiger charge is -2.44. The average molecular weight is 508 g/mol. The van der Waals surface area contributed by atoms with Gasteiger partial charge in [0, 0.05) is 74.4 Å². The number of piperidine rings is 1. The van der Waals surface area contributed by atoms with Crippen LogP contribution >= 0.6 is 0 Å². The van der Waals surface area contributed by atoms with Crippen LogP contribution in [0.3, 0.4) is 0 Å². The second kappa shape index (κ2) is 10.4. The van der Waals surface area contributed by atoms with E-state index in [1.54, 1.807) is 14.2 Å². The van der Waals surface area contributed by atoms with Crippen molar-refractivity contribution in [1.29, 1.82) is 0 Å². The summed E-state index contributed by atoms with van der Waals surface area (Å²) in [6, 6.07) is 8.50. The second-order valence-corrected chi connectivity index (χ2v) is 10.5. The van der Waals surface area contributed by atoms with Gasteiger partial charge in [0.1, 0.15) is 11.5 Å². The Morgan fingerprint density at radius 1 is 1.16 bits per heavy atom. The zero-order valence-corrected chi connectivity index (χ0v) is 22.9. The van der Waals surface area contributed by atoms with Gasteiger partial charge in [0.2, 0.25) is 0 Å². The lowest BCUT2D eigenvalue weighted by molar-refractivity contribution is 0.0876. The summed E-state index contributed by atoms with van der Waals surface area (Å²) in [5.74, 6) is 1.71. The number of hydrogen-bond donors (Lipinski definition) is 1. The summed E-state index contributed by atoms with van der Waals surface area (Å²) >= 11 is 0. The fraction of sp³-hybridized carbons (Fsp3) is 0.552.